The van der Waals surface area contributed by atoms with Crippen LogP contribution in [0.3, 0.4) is 0 Å². The number of rotatable bonds is 3. The minimum absolute atomic E-state index is 0.143. The van der Waals surface area contributed by atoms with Gasteiger partial charge < -0.3 is 4.90 Å². The third-order valence-electron chi connectivity index (χ3n) is 4.26. The highest BCUT2D eigenvalue weighted by atomic mass is 35.5. The van der Waals surface area contributed by atoms with Gasteiger partial charge in [-0.15, -0.1) is 0 Å². The van der Waals surface area contributed by atoms with Gasteiger partial charge in [0.2, 0.25) is 10.0 Å². The summed E-state index contributed by atoms with van der Waals surface area (Å²) in [7, 11) is -3.62. The molecule has 0 saturated carbocycles. The maximum atomic E-state index is 12.8. The van der Waals surface area contributed by atoms with E-state index in [1.165, 1.54) is 4.31 Å². The van der Waals surface area contributed by atoms with E-state index in [0.29, 0.717) is 35.1 Å². The maximum absolute atomic E-state index is 12.8. The Balaban J connectivity index is 1.73. The highest BCUT2D eigenvalue weighted by Crippen LogP contribution is 2.23. The highest BCUT2D eigenvalue weighted by molar-refractivity contribution is 7.89. The van der Waals surface area contributed by atoms with Crippen molar-refractivity contribution in [2.45, 2.75) is 18.7 Å². The topological polar surface area (TPSA) is 86.4 Å². The second-order valence-electron chi connectivity index (χ2n) is 5.97. The number of nitrogens with one attached hydrogen (secondary N) is 1. The second kappa shape index (κ2) is 6.78. The number of sulfonamides is 1. The molecule has 0 atom stereocenters. The zero-order chi connectivity index (χ0) is 18.2. The van der Waals surface area contributed by atoms with Crippen LogP contribution in [-0.2, 0) is 10.0 Å². The van der Waals surface area contributed by atoms with Crippen molar-refractivity contribution in [2.24, 2.45) is 0 Å². The van der Waals surface area contributed by atoms with Crippen LogP contribution in [0.15, 0.2) is 29.2 Å². The molecule has 1 amide bonds. The Bertz CT molecular complexity index is 882. The Kier molecular flexibility index (Phi) is 4.86. The van der Waals surface area contributed by atoms with Crippen molar-refractivity contribution in [3.8, 4) is 0 Å². The minimum atomic E-state index is -3.62. The Morgan fingerprint density at radius 1 is 1.20 bits per heavy atom. The molecule has 25 heavy (non-hydrogen) atoms. The van der Waals surface area contributed by atoms with E-state index < -0.39 is 10.0 Å². The van der Waals surface area contributed by atoms with E-state index in [0.717, 1.165) is 0 Å². The van der Waals surface area contributed by atoms with E-state index in [9.17, 15) is 13.2 Å². The lowest BCUT2D eigenvalue weighted by Gasteiger charge is -2.34. The first kappa shape index (κ1) is 17.9. The number of benzene rings is 1. The van der Waals surface area contributed by atoms with E-state index in [2.05, 4.69) is 10.2 Å². The summed E-state index contributed by atoms with van der Waals surface area (Å²) in [6, 6.07) is 6.75. The molecule has 1 saturated heterocycles. The van der Waals surface area contributed by atoms with Gasteiger partial charge in [-0.25, -0.2) is 8.42 Å². The van der Waals surface area contributed by atoms with Gasteiger partial charge in [0, 0.05) is 36.8 Å². The molecule has 0 spiro atoms. The summed E-state index contributed by atoms with van der Waals surface area (Å²) < 4.78 is 27.1. The Morgan fingerprint density at radius 2 is 1.88 bits per heavy atom. The van der Waals surface area contributed by atoms with Gasteiger partial charge in [0.15, 0.2) is 0 Å². The van der Waals surface area contributed by atoms with Gasteiger partial charge in [-0.3, -0.25) is 9.89 Å². The summed E-state index contributed by atoms with van der Waals surface area (Å²) in [5.74, 6) is -0.143. The Labute approximate surface area is 151 Å². The monoisotopic (exact) mass is 382 g/mol. The number of aromatic nitrogens is 2. The fraction of sp³-hybridized carbons (Fsp3) is 0.375. The third kappa shape index (κ3) is 3.42. The predicted octanol–water partition coefficient (Wildman–Crippen LogP) is 1.83. The number of hydrogen-bond donors (Lipinski definition) is 1. The highest BCUT2D eigenvalue weighted by Gasteiger charge is 2.33. The lowest BCUT2D eigenvalue weighted by Crippen LogP contribution is -2.50. The van der Waals surface area contributed by atoms with Crippen LogP contribution < -0.4 is 0 Å². The summed E-state index contributed by atoms with van der Waals surface area (Å²) in [6.45, 7) is 4.51. The number of aryl methyl sites for hydroxylation is 2. The molecule has 2 aromatic rings. The Hall–Kier alpha value is -1.90. The zero-order valence-corrected chi connectivity index (χ0v) is 15.6. The number of amides is 1. The molecular weight excluding hydrogens is 364 g/mol. The van der Waals surface area contributed by atoms with E-state index in [-0.39, 0.29) is 23.9 Å². The van der Waals surface area contributed by atoms with Gasteiger partial charge in [0.1, 0.15) is 4.90 Å². The van der Waals surface area contributed by atoms with Crippen LogP contribution in [0.1, 0.15) is 21.7 Å². The van der Waals surface area contributed by atoms with Crippen LogP contribution in [0.2, 0.25) is 5.02 Å². The quantitative estimate of drug-likeness (QED) is 0.877. The van der Waals surface area contributed by atoms with Crippen molar-refractivity contribution in [1.82, 2.24) is 19.4 Å². The van der Waals surface area contributed by atoms with Gasteiger partial charge in [-0.05, 0) is 32.0 Å². The van der Waals surface area contributed by atoms with Crippen molar-refractivity contribution in [2.75, 3.05) is 26.2 Å². The van der Waals surface area contributed by atoms with Crippen LogP contribution in [0.5, 0.6) is 0 Å². The maximum Gasteiger partial charge on any atom is 0.253 e. The minimum Gasteiger partial charge on any atom is -0.336 e. The summed E-state index contributed by atoms with van der Waals surface area (Å²) in [4.78, 5) is 14.4. The van der Waals surface area contributed by atoms with E-state index >= 15 is 0 Å². The van der Waals surface area contributed by atoms with Gasteiger partial charge in [-0.2, -0.15) is 9.40 Å². The standard InChI is InChI=1S/C16H19ClN4O3S/c1-11-15(12(2)19-18-11)25(23,24)21-8-6-20(7-9-21)16(22)13-4-3-5-14(17)10-13/h3-5,10H,6-9H2,1-2H3,(H,18,19). The van der Waals surface area contributed by atoms with E-state index in [1.54, 1.807) is 43.0 Å². The lowest BCUT2D eigenvalue weighted by atomic mass is 10.2. The average molecular weight is 383 g/mol. The molecule has 1 aliphatic heterocycles. The lowest BCUT2D eigenvalue weighted by molar-refractivity contribution is 0.0698. The number of halogens is 1. The van der Waals surface area contributed by atoms with Gasteiger partial charge in [0.05, 0.1) is 11.4 Å². The number of piperazine rings is 1. The van der Waals surface area contributed by atoms with Crippen LogP contribution in [-0.4, -0.2) is 59.9 Å². The predicted molar refractivity (Wildman–Crippen MR) is 94.2 cm³/mol. The van der Waals surface area contributed by atoms with Crippen LogP contribution in [0.25, 0.3) is 0 Å². The molecule has 1 fully saturated rings. The molecule has 0 aliphatic carbocycles. The molecule has 1 aliphatic rings. The van der Waals surface area contributed by atoms with Gasteiger partial charge in [-0.1, -0.05) is 17.7 Å². The molecule has 1 aromatic heterocycles. The average Bonchev–Trinajstić information content (AvgIpc) is 2.93. The fourth-order valence-electron chi connectivity index (χ4n) is 2.99. The first-order valence-corrected chi connectivity index (χ1v) is 9.69. The molecule has 2 heterocycles. The first-order valence-electron chi connectivity index (χ1n) is 7.87. The third-order valence-corrected chi connectivity index (χ3v) is 6.65. The van der Waals surface area contributed by atoms with Crippen molar-refractivity contribution in [3.05, 3.63) is 46.2 Å². The summed E-state index contributed by atoms with van der Waals surface area (Å²) in [6.07, 6.45) is 0. The van der Waals surface area contributed by atoms with Crippen LogP contribution in [0, 0.1) is 13.8 Å². The summed E-state index contributed by atoms with van der Waals surface area (Å²) >= 11 is 5.93. The largest absolute Gasteiger partial charge is 0.336 e. The molecule has 0 radical (unpaired) electrons. The first-order chi connectivity index (χ1) is 11.8. The normalized spacial score (nSPS) is 16.2. The van der Waals surface area contributed by atoms with Crippen LogP contribution in [0.4, 0.5) is 0 Å². The SMILES string of the molecule is Cc1n[nH]c(C)c1S(=O)(=O)N1CCN(C(=O)c2cccc(Cl)c2)CC1. The number of aromatic amines is 1. The molecule has 0 bridgehead atoms. The van der Waals surface area contributed by atoms with E-state index in [4.69, 9.17) is 11.6 Å². The number of nitrogens with zero attached hydrogens (tertiary/aromatic N) is 3. The molecule has 7 nitrogen and oxygen atoms in total. The number of carbonyl (C=O) groups excluding carboxylic acids is 1. The molecule has 1 N–H and O–H groups in total. The number of hydrogen-bond acceptors (Lipinski definition) is 4. The molecule has 0 unspecified atom stereocenters. The van der Waals surface area contributed by atoms with Crippen molar-refractivity contribution < 1.29 is 13.2 Å². The molecule has 1 aromatic carbocycles. The molecule has 9 heteroatoms. The molecule has 134 valence electrons. The number of H-pyrrole nitrogens is 1. The summed E-state index contributed by atoms with van der Waals surface area (Å²) in [5, 5.41) is 7.16. The van der Waals surface area contributed by atoms with Crippen molar-refractivity contribution >= 4 is 27.5 Å². The van der Waals surface area contributed by atoms with Crippen molar-refractivity contribution in [3.63, 3.8) is 0 Å². The molecular formula is C16H19ClN4O3S. The van der Waals surface area contributed by atoms with Crippen molar-refractivity contribution in [1.29, 1.82) is 0 Å². The smallest absolute Gasteiger partial charge is 0.253 e. The van der Waals surface area contributed by atoms with Gasteiger partial charge in [0.25, 0.3) is 5.91 Å². The van der Waals surface area contributed by atoms with E-state index in [1.807, 2.05) is 0 Å². The number of carbonyl (C=O) groups is 1. The zero-order valence-electron chi connectivity index (χ0n) is 14.0. The Morgan fingerprint density at radius 3 is 2.44 bits per heavy atom. The molecule has 3 rings (SSSR count). The fourth-order valence-corrected chi connectivity index (χ4v) is 4.93. The van der Waals surface area contributed by atoms with Gasteiger partial charge >= 0.3 is 0 Å². The summed E-state index contributed by atoms with van der Waals surface area (Å²) in [5.41, 5.74) is 1.48. The second-order valence-corrected chi connectivity index (χ2v) is 8.28. The van der Waals surface area contributed by atoms with Crippen LogP contribution >= 0.6 is 11.6 Å².